The molecule has 20 heavy (non-hydrogen) atoms. The number of anilines is 1. The van der Waals surface area contributed by atoms with Gasteiger partial charge in [0.1, 0.15) is 0 Å². The number of thiophene rings is 1. The average Bonchev–Trinajstić information content (AvgIpc) is 3.07. The molecule has 0 saturated heterocycles. The molecular formula is C16H24N2OS. The third-order valence-electron chi connectivity index (χ3n) is 4.66. The van der Waals surface area contributed by atoms with Crippen molar-refractivity contribution in [2.24, 2.45) is 11.3 Å². The minimum absolute atomic E-state index is 0.0525. The van der Waals surface area contributed by atoms with E-state index >= 15 is 0 Å². The van der Waals surface area contributed by atoms with Crippen LogP contribution in [0.5, 0.6) is 0 Å². The number of rotatable bonds is 2. The van der Waals surface area contributed by atoms with Gasteiger partial charge in [-0.2, -0.15) is 0 Å². The van der Waals surface area contributed by atoms with Gasteiger partial charge in [0.2, 0.25) is 0 Å². The van der Waals surface area contributed by atoms with Gasteiger partial charge >= 0.3 is 0 Å². The molecule has 1 fully saturated rings. The lowest BCUT2D eigenvalue weighted by Gasteiger charge is -2.33. The van der Waals surface area contributed by atoms with Gasteiger partial charge in [0.15, 0.2) is 0 Å². The predicted molar refractivity (Wildman–Crippen MR) is 84.2 cm³/mol. The summed E-state index contributed by atoms with van der Waals surface area (Å²) in [6.45, 7) is 6.92. The minimum atomic E-state index is 0.0525. The normalized spacial score (nSPS) is 22.4. The summed E-state index contributed by atoms with van der Waals surface area (Å²) in [5.74, 6) is 0.740. The van der Waals surface area contributed by atoms with Crippen LogP contribution in [-0.4, -0.2) is 11.9 Å². The second-order valence-corrected chi connectivity index (χ2v) is 8.43. The first-order valence-corrected chi connectivity index (χ1v) is 8.38. The minimum Gasteiger partial charge on any atom is -0.390 e. The number of nitrogen functional groups attached to an aromatic ring is 1. The van der Waals surface area contributed by atoms with Crippen LogP contribution in [-0.2, 0) is 12.8 Å². The Balaban J connectivity index is 1.85. The molecular weight excluding hydrogens is 268 g/mol. The van der Waals surface area contributed by atoms with Crippen LogP contribution >= 0.6 is 11.3 Å². The van der Waals surface area contributed by atoms with Gasteiger partial charge in [-0.25, -0.2) is 0 Å². The lowest BCUT2D eigenvalue weighted by molar-refractivity contribution is 0.0951. The molecule has 2 aliphatic rings. The highest BCUT2D eigenvalue weighted by molar-refractivity contribution is 7.16. The first-order valence-electron chi connectivity index (χ1n) is 7.57. The Morgan fingerprint density at radius 2 is 2.00 bits per heavy atom. The van der Waals surface area contributed by atoms with Crippen LogP contribution in [0.1, 0.15) is 60.8 Å². The quantitative estimate of drug-likeness (QED) is 0.878. The van der Waals surface area contributed by atoms with E-state index in [-0.39, 0.29) is 5.91 Å². The van der Waals surface area contributed by atoms with Crippen LogP contribution in [0.3, 0.4) is 0 Å². The zero-order valence-corrected chi connectivity index (χ0v) is 13.4. The van der Waals surface area contributed by atoms with Gasteiger partial charge in [-0.3, -0.25) is 4.79 Å². The molecule has 4 heteroatoms. The topological polar surface area (TPSA) is 55.1 Å². The Bertz CT molecular complexity index is 537. The van der Waals surface area contributed by atoms with E-state index in [0.29, 0.717) is 22.4 Å². The summed E-state index contributed by atoms with van der Waals surface area (Å²) >= 11 is 1.63. The second-order valence-electron chi connectivity index (χ2n) is 7.30. The van der Waals surface area contributed by atoms with Gasteiger partial charge in [0.05, 0.1) is 10.6 Å². The molecule has 1 heterocycles. The molecule has 110 valence electrons. The van der Waals surface area contributed by atoms with Gasteiger partial charge in [-0.1, -0.05) is 20.8 Å². The number of nitrogens with one attached hydrogen (secondary N) is 1. The van der Waals surface area contributed by atoms with Gasteiger partial charge < -0.3 is 11.1 Å². The molecule has 0 unspecified atom stereocenters. The van der Waals surface area contributed by atoms with Crippen molar-refractivity contribution in [1.82, 2.24) is 5.32 Å². The summed E-state index contributed by atoms with van der Waals surface area (Å²) in [6.07, 6.45) is 5.47. The van der Waals surface area contributed by atoms with Gasteiger partial charge in [-0.05, 0) is 49.0 Å². The maximum Gasteiger partial charge on any atom is 0.254 e. The van der Waals surface area contributed by atoms with Crippen molar-refractivity contribution in [2.45, 2.75) is 58.9 Å². The molecule has 0 bridgehead atoms. The number of carbonyl (C=O) groups is 1. The molecule has 1 amide bonds. The van der Waals surface area contributed by atoms with E-state index in [1.54, 1.807) is 11.3 Å². The predicted octanol–water partition coefficient (Wildman–Crippen LogP) is 3.37. The number of nitrogens with two attached hydrogens (primary N) is 1. The van der Waals surface area contributed by atoms with Crippen molar-refractivity contribution in [3.63, 3.8) is 0 Å². The standard InChI is InChI=1S/C16H24N2OS/c1-16(2,3)9-4-7-11-12(8-9)20-14(17)13(11)15(19)18-10-5-6-10/h9-10H,4-8,17H2,1-3H3,(H,18,19)/t9-/m1/s1. The molecule has 1 aromatic rings. The van der Waals surface area contributed by atoms with Gasteiger partial charge in [0.25, 0.3) is 5.91 Å². The molecule has 0 radical (unpaired) electrons. The monoisotopic (exact) mass is 292 g/mol. The second kappa shape index (κ2) is 4.76. The lowest BCUT2D eigenvalue weighted by atomic mass is 9.72. The molecule has 0 aliphatic heterocycles. The van der Waals surface area contributed by atoms with E-state index < -0.39 is 0 Å². The average molecular weight is 292 g/mol. The van der Waals surface area contributed by atoms with E-state index in [0.717, 1.165) is 37.7 Å². The van der Waals surface area contributed by atoms with Crippen LogP contribution < -0.4 is 11.1 Å². The number of amides is 1. The van der Waals surface area contributed by atoms with Crippen molar-refractivity contribution < 1.29 is 4.79 Å². The molecule has 0 aromatic carbocycles. The fraction of sp³-hybridized carbons (Fsp3) is 0.688. The van der Waals surface area contributed by atoms with Crippen molar-refractivity contribution >= 4 is 22.2 Å². The third-order valence-corrected chi connectivity index (χ3v) is 5.74. The molecule has 3 rings (SSSR count). The van der Waals surface area contributed by atoms with Crippen molar-refractivity contribution in [3.05, 3.63) is 16.0 Å². The molecule has 2 aliphatic carbocycles. The summed E-state index contributed by atoms with van der Waals surface area (Å²) in [6, 6.07) is 0.392. The molecule has 1 saturated carbocycles. The zero-order valence-electron chi connectivity index (χ0n) is 12.6. The zero-order chi connectivity index (χ0) is 14.5. The van der Waals surface area contributed by atoms with Crippen LogP contribution in [0.15, 0.2) is 0 Å². The van der Waals surface area contributed by atoms with Crippen molar-refractivity contribution in [1.29, 1.82) is 0 Å². The first kappa shape index (κ1) is 13.9. The third kappa shape index (κ3) is 2.58. The van der Waals surface area contributed by atoms with Crippen LogP contribution in [0.4, 0.5) is 5.00 Å². The molecule has 0 spiro atoms. The largest absolute Gasteiger partial charge is 0.390 e. The summed E-state index contributed by atoms with van der Waals surface area (Å²) in [5, 5.41) is 3.79. The smallest absolute Gasteiger partial charge is 0.254 e. The van der Waals surface area contributed by atoms with E-state index in [4.69, 9.17) is 5.73 Å². The SMILES string of the molecule is CC(C)(C)[C@@H]1CCc2c(sc(N)c2C(=O)NC2CC2)C1. The summed E-state index contributed by atoms with van der Waals surface area (Å²) < 4.78 is 0. The van der Waals surface area contributed by atoms with E-state index in [1.807, 2.05) is 0 Å². The maximum atomic E-state index is 12.3. The molecule has 1 aromatic heterocycles. The first-order chi connectivity index (χ1) is 9.36. The molecule has 3 N–H and O–H groups in total. The highest BCUT2D eigenvalue weighted by Gasteiger charge is 2.34. The van der Waals surface area contributed by atoms with E-state index in [1.165, 1.54) is 10.4 Å². The number of fused-ring (bicyclic) bond motifs is 1. The fourth-order valence-electron chi connectivity index (χ4n) is 3.08. The van der Waals surface area contributed by atoms with Crippen molar-refractivity contribution in [2.75, 3.05) is 5.73 Å². The number of hydrogen-bond acceptors (Lipinski definition) is 3. The Kier molecular flexibility index (Phi) is 3.32. The summed E-state index contributed by atoms with van der Waals surface area (Å²) in [5.41, 5.74) is 8.47. The number of carbonyl (C=O) groups excluding carboxylic acids is 1. The van der Waals surface area contributed by atoms with E-state index in [9.17, 15) is 4.79 Å². The Morgan fingerprint density at radius 3 is 2.60 bits per heavy atom. The van der Waals surface area contributed by atoms with E-state index in [2.05, 4.69) is 26.1 Å². The highest BCUT2D eigenvalue weighted by atomic mass is 32.1. The van der Waals surface area contributed by atoms with Gasteiger partial charge in [-0.15, -0.1) is 11.3 Å². The highest BCUT2D eigenvalue weighted by Crippen LogP contribution is 2.43. The summed E-state index contributed by atoms with van der Waals surface area (Å²) in [7, 11) is 0. The van der Waals surface area contributed by atoms with Crippen molar-refractivity contribution in [3.8, 4) is 0 Å². The van der Waals surface area contributed by atoms with Crippen LogP contribution in [0.25, 0.3) is 0 Å². The maximum absolute atomic E-state index is 12.3. The van der Waals surface area contributed by atoms with Gasteiger partial charge in [0, 0.05) is 10.9 Å². The van der Waals surface area contributed by atoms with Crippen LogP contribution in [0.2, 0.25) is 0 Å². The fourth-order valence-corrected chi connectivity index (χ4v) is 4.28. The Morgan fingerprint density at radius 1 is 1.30 bits per heavy atom. The van der Waals surface area contributed by atoms with Crippen LogP contribution in [0, 0.1) is 11.3 Å². The Hall–Kier alpha value is -1.03. The number of hydrogen-bond donors (Lipinski definition) is 2. The molecule has 1 atom stereocenters. The lowest BCUT2D eigenvalue weighted by Crippen LogP contribution is -2.29. The summed E-state index contributed by atoms with van der Waals surface area (Å²) in [4.78, 5) is 13.7. The Labute approximate surface area is 124 Å². The molecule has 3 nitrogen and oxygen atoms in total.